The highest BCUT2D eigenvalue weighted by Gasteiger charge is 2.15. The van der Waals surface area contributed by atoms with Crippen LogP contribution in [0.5, 0.6) is 0 Å². The number of carbonyl (C=O) groups is 1. The lowest BCUT2D eigenvalue weighted by Crippen LogP contribution is -2.30. The van der Waals surface area contributed by atoms with Crippen molar-refractivity contribution in [2.75, 3.05) is 0 Å². The summed E-state index contributed by atoms with van der Waals surface area (Å²) in [7, 11) is 0. The molecule has 0 spiro atoms. The molecule has 0 unspecified atom stereocenters. The summed E-state index contributed by atoms with van der Waals surface area (Å²) in [4.78, 5) is 19.9. The first kappa shape index (κ1) is 17.3. The largest absolute Gasteiger partial charge is 0.351 e. The number of fused-ring (bicyclic) bond motifs is 1. The molecule has 4 aromatic rings. The third kappa shape index (κ3) is 3.57. The first-order chi connectivity index (χ1) is 13.0. The number of aromatic nitrogens is 3. The molecule has 2 aromatic heterocycles. The molecular weight excluding hydrogens is 364 g/mol. The van der Waals surface area contributed by atoms with E-state index in [1.165, 1.54) is 0 Å². The number of benzene rings is 2. The second kappa shape index (κ2) is 6.89. The van der Waals surface area contributed by atoms with Crippen molar-refractivity contribution in [1.82, 2.24) is 20.4 Å². The Morgan fingerprint density at radius 3 is 2.85 bits per heavy atom. The summed E-state index contributed by atoms with van der Waals surface area (Å²) in [5, 5.41) is 8.54. The molecule has 2 heterocycles. The molecule has 0 aliphatic rings. The number of halogens is 1. The summed E-state index contributed by atoms with van der Waals surface area (Å²) in [6, 6.07) is 14.7. The Bertz CT molecular complexity index is 1130. The number of aromatic amines is 1. The maximum atomic E-state index is 12.2. The van der Waals surface area contributed by atoms with E-state index < -0.39 is 0 Å². The van der Waals surface area contributed by atoms with Gasteiger partial charge in [0.1, 0.15) is 5.69 Å². The number of nitrogens with zero attached hydrogens (tertiary/aromatic N) is 2. The summed E-state index contributed by atoms with van der Waals surface area (Å²) in [6.45, 7) is 3.83. The number of rotatable bonds is 4. The van der Waals surface area contributed by atoms with Crippen LogP contribution in [-0.2, 0) is 0 Å². The summed E-state index contributed by atoms with van der Waals surface area (Å²) in [5.74, 6) is 0.651. The Hall–Kier alpha value is -3.12. The molecular formula is C20H17ClN4O2. The topological polar surface area (TPSA) is 83.8 Å². The minimum absolute atomic E-state index is 0.0634. The van der Waals surface area contributed by atoms with Gasteiger partial charge in [-0.3, -0.25) is 4.79 Å². The van der Waals surface area contributed by atoms with Gasteiger partial charge in [0.2, 0.25) is 5.82 Å². The zero-order chi connectivity index (χ0) is 19.0. The smallest absolute Gasteiger partial charge is 0.274 e. The summed E-state index contributed by atoms with van der Waals surface area (Å²) in [6.07, 6.45) is 0. The molecule has 2 N–H and O–H groups in total. The van der Waals surface area contributed by atoms with E-state index in [-0.39, 0.29) is 11.9 Å². The molecule has 27 heavy (non-hydrogen) atoms. The monoisotopic (exact) mass is 380 g/mol. The van der Waals surface area contributed by atoms with Crippen LogP contribution in [0.1, 0.15) is 24.2 Å². The van der Waals surface area contributed by atoms with Gasteiger partial charge in [-0.2, -0.15) is 4.98 Å². The summed E-state index contributed by atoms with van der Waals surface area (Å²) < 4.78 is 5.40. The van der Waals surface area contributed by atoms with Gasteiger partial charge in [0.25, 0.3) is 11.8 Å². The van der Waals surface area contributed by atoms with Gasteiger partial charge in [0.15, 0.2) is 0 Å². The number of hydrogen-bond donors (Lipinski definition) is 2. The SMILES string of the molecule is CC(C)NC(=O)c1cccc(-c2noc(-c3cc4cc(Cl)ccc4[nH]3)n2)c1. The second-order valence-electron chi connectivity index (χ2n) is 6.55. The first-order valence-corrected chi connectivity index (χ1v) is 8.91. The van der Waals surface area contributed by atoms with Crippen LogP contribution in [0.15, 0.2) is 53.1 Å². The normalized spacial score (nSPS) is 11.3. The average Bonchev–Trinajstić information content (AvgIpc) is 3.27. The van der Waals surface area contributed by atoms with Crippen molar-refractivity contribution >= 4 is 28.4 Å². The van der Waals surface area contributed by atoms with E-state index in [9.17, 15) is 4.79 Å². The number of H-pyrrole nitrogens is 1. The summed E-state index contributed by atoms with van der Waals surface area (Å²) >= 11 is 6.03. The molecule has 4 rings (SSSR count). The van der Waals surface area contributed by atoms with Gasteiger partial charge in [-0.15, -0.1) is 0 Å². The third-order valence-electron chi connectivity index (χ3n) is 4.04. The maximum Gasteiger partial charge on any atom is 0.274 e. The van der Waals surface area contributed by atoms with Crippen molar-refractivity contribution in [3.63, 3.8) is 0 Å². The molecule has 0 fully saturated rings. The van der Waals surface area contributed by atoms with Gasteiger partial charge in [-0.05, 0) is 50.2 Å². The molecule has 1 amide bonds. The first-order valence-electron chi connectivity index (χ1n) is 8.53. The van der Waals surface area contributed by atoms with Gasteiger partial charge in [-0.25, -0.2) is 0 Å². The minimum atomic E-state index is -0.136. The van der Waals surface area contributed by atoms with Gasteiger partial charge < -0.3 is 14.8 Å². The van der Waals surface area contributed by atoms with Gasteiger partial charge in [0, 0.05) is 33.1 Å². The Balaban J connectivity index is 1.65. The highest BCUT2D eigenvalue weighted by Crippen LogP contribution is 2.27. The van der Waals surface area contributed by atoms with Crippen LogP contribution in [0, 0.1) is 0 Å². The zero-order valence-electron chi connectivity index (χ0n) is 14.8. The van der Waals surface area contributed by atoms with Crippen LogP contribution in [0.25, 0.3) is 33.9 Å². The molecule has 7 heteroatoms. The van der Waals surface area contributed by atoms with Crippen molar-refractivity contribution < 1.29 is 9.32 Å². The van der Waals surface area contributed by atoms with Crippen LogP contribution in [0.2, 0.25) is 5.02 Å². The van der Waals surface area contributed by atoms with E-state index in [0.29, 0.717) is 33.6 Å². The van der Waals surface area contributed by atoms with Gasteiger partial charge in [-0.1, -0.05) is 28.9 Å². The zero-order valence-corrected chi connectivity index (χ0v) is 15.5. The van der Waals surface area contributed by atoms with Crippen molar-refractivity contribution in [2.24, 2.45) is 0 Å². The van der Waals surface area contributed by atoms with Gasteiger partial charge in [0.05, 0.1) is 0 Å². The van der Waals surface area contributed by atoms with Gasteiger partial charge >= 0.3 is 0 Å². The number of amides is 1. The molecule has 0 aliphatic carbocycles. The van der Waals surface area contributed by atoms with Crippen molar-refractivity contribution in [3.05, 3.63) is 59.1 Å². The van der Waals surface area contributed by atoms with E-state index >= 15 is 0 Å². The van der Waals surface area contributed by atoms with E-state index in [1.807, 2.05) is 44.2 Å². The lowest BCUT2D eigenvalue weighted by Gasteiger charge is -2.08. The predicted molar refractivity (Wildman–Crippen MR) is 105 cm³/mol. The van der Waals surface area contributed by atoms with Crippen molar-refractivity contribution in [3.8, 4) is 23.0 Å². The maximum absolute atomic E-state index is 12.2. The summed E-state index contributed by atoms with van der Waals surface area (Å²) in [5.41, 5.74) is 2.90. The van der Waals surface area contributed by atoms with E-state index in [1.54, 1.807) is 18.2 Å². The standard InChI is InChI=1S/C20H17ClN4O2/c1-11(2)22-19(26)13-5-3-4-12(8-13)18-24-20(27-25-18)17-10-14-9-15(21)6-7-16(14)23-17/h3-11,23H,1-2H3,(H,22,26). The molecule has 6 nitrogen and oxygen atoms in total. The highest BCUT2D eigenvalue weighted by molar-refractivity contribution is 6.31. The van der Waals surface area contributed by atoms with Crippen molar-refractivity contribution in [1.29, 1.82) is 0 Å². The number of carbonyl (C=O) groups excluding carboxylic acids is 1. The van der Waals surface area contributed by atoms with E-state index in [2.05, 4.69) is 20.4 Å². The van der Waals surface area contributed by atoms with Crippen LogP contribution < -0.4 is 5.32 Å². The Morgan fingerprint density at radius 2 is 2.04 bits per heavy atom. The number of hydrogen-bond acceptors (Lipinski definition) is 4. The molecule has 0 bridgehead atoms. The molecule has 0 aliphatic heterocycles. The number of nitrogens with one attached hydrogen (secondary N) is 2. The van der Waals surface area contributed by atoms with Crippen LogP contribution >= 0.6 is 11.6 Å². The fourth-order valence-electron chi connectivity index (χ4n) is 2.81. The molecule has 0 atom stereocenters. The average molecular weight is 381 g/mol. The predicted octanol–water partition coefficient (Wildman–Crippen LogP) is 4.68. The fourth-order valence-corrected chi connectivity index (χ4v) is 2.99. The van der Waals surface area contributed by atoms with Crippen LogP contribution in [0.4, 0.5) is 0 Å². The Kier molecular flexibility index (Phi) is 4.41. The molecule has 0 radical (unpaired) electrons. The van der Waals surface area contributed by atoms with E-state index in [4.69, 9.17) is 16.1 Å². The quantitative estimate of drug-likeness (QED) is 0.538. The lowest BCUT2D eigenvalue weighted by atomic mass is 10.1. The van der Waals surface area contributed by atoms with Crippen LogP contribution in [-0.4, -0.2) is 27.1 Å². The van der Waals surface area contributed by atoms with E-state index in [0.717, 1.165) is 10.9 Å². The lowest BCUT2D eigenvalue weighted by molar-refractivity contribution is 0.0943. The fraction of sp³-hybridized carbons (Fsp3) is 0.150. The molecule has 0 saturated heterocycles. The van der Waals surface area contributed by atoms with Crippen LogP contribution in [0.3, 0.4) is 0 Å². The molecule has 0 saturated carbocycles. The molecule has 2 aromatic carbocycles. The third-order valence-corrected chi connectivity index (χ3v) is 4.28. The Morgan fingerprint density at radius 1 is 1.19 bits per heavy atom. The minimum Gasteiger partial charge on any atom is -0.351 e. The highest BCUT2D eigenvalue weighted by atomic mass is 35.5. The Labute approximate surface area is 160 Å². The second-order valence-corrected chi connectivity index (χ2v) is 6.98. The van der Waals surface area contributed by atoms with Crippen molar-refractivity contribution in [2.45, 2.75) is 19.9 Å². The molecule has 136 valence electrons.